The van der Waals surface area contributed by atoms with Gasteiger partial charge in [0.2, 0.25) is 5.91 Å². The van der Waals surface area contributed by atoms with Crippen LogP contribution in [-0.4, -0.2) is 47.2 Å². The van der Waals surface area contributed by atoms with Crippen molar-refractivity contribution in [3.63, 3.8) is 0 Å². The van der Waals surface area contributed by atoms with Crippen LogP contribution in [0, 0.1) is 0 Å². The zero-order valence-corrected chi connectivity index (χ0v) is 18.4. The number of alkyl carbamates (subject to hydrolysis) is 1. The van der Waals surface area contributed by atoms with Crippen molar-refractivity contribution < 1.29 is 24.2 Å². The average molecular weight is 456 g/mol. The topological polar surface area (TPSA) is 95.9 Å². The highest BCUT2D eigenvalue weighted by molar-refractivity contribution is 5.87. The number of benzene rings is 3. The van der Waals surface area contributed by atoms with Gasteiger partial charge in [0, 0.05) is 18.9 Å². The third-order valence-electron chi connectivity index (χ3n) is 6.58. The first-order valence-electron chi connectivity index (χ1n) is 11.2. The Bertz CT molecular complexity index is 1230. The minimum Gasteiger partial charge on any atom is -0.480 e. The zero-order chi connectivity index (χ0) is 23.7. The van der Waals surface area contributed by atoms with Gasteiger partial charge in [0.1, 0.15) is 19.2 Å². The molecule has 1 heterocycles. The number of rotatable bonds is 5. The van der Waals surface area contributed by atoms with Gasteiger partial charge < -0.3 is 20.1 Å². The molecule has 0 spiro atoms. The summed E-state index contributed by atoms with van der Waals surface area (Å²) < 4.78 is 5.47. The lowest BCUT2D eigenvalue weighted by Crippen LogP contribution is -2.51. The number of amides is 2. The number of carbonyl (C=O) groups is 3. The van der Waals surface area contributed by atoms with E-state index < -0.39 is 24.0 Å². The maximum Gasteiger partial charge on any atom is 0.407 e. The van der Waals surface area contributed by atoms with Gasteiger partial charge in [-0.1, -0.05) is 72.8 Å². The predicted molar refractivity (Wildman–Crippen MR) is 125 cm³/mol. The van der Waals surface area contributed by atoms with E-state index in [2.05, 4.69) is 17.4 Å². The molecule has 1 aliphatic heterocycles. The highest BCUT2D eigenvalue weighted by Crippen LogP contribution is 2.44. The first kappa shape index (κ1) is 21.7. The van der Waals surface area contributed by atoms with Gasteiger partial charge in [-0.15, -0.1) is 0 Å². The summed E-state index contributed by atoms with van der Waals surface area (Å²) >= 11 is 0. The van der Waals surface area contributed by atoms with Gasteiger partial charge >= 0.3 is 12.1 Å². The zero-order valence-electron chi connectivity index (χ0n) is 18.4. The molecule has 3 aromatic carbocycles. The molecule has 0 radical (unpaired) electrons. The summed E-state index contributed by atoms with van der Waals surface area (Å²) in [6.07, 6.45) is -0.471. The van der Waals surface area contributed by atoms with Crippen molar-refractivity contribution >= 4 is 18.0 Å². The minimum atomic E-state index is -1.07. The number of carbonyl (C=O) groups excluding carboxylic acids is 2. The van der Waals surface area contributed by atoms with Crippen LogP contribution in [0.4, 0.5) is 4.79 Å². The number of hydrogen-bond acceptors (Lipinski definition) is 4. The van der Waals surface area contributed by atoms with E-state index in [9.17, 15) is 19.5 Å². The van der Waals surface area contributed by atoms with Gasteiger partial charge in [-0.25, -0.2) is 9.59 Å². The molecule has 172 valence electrons. The van der Waals surface area contributed by atoms with Crippen molar-refractivity contribution in [1.29, 1.82) is 0 Å². The first-order valence-corrected chi connectivity index (χ1v) is 11.2. The third kappa shape index (κ3) is 4.01. The second-order valence-corrected chi connectivity index (χ2v) is 8.53. The Kier molecular flexibility index (Phi) is 5.76. The highest BCUT2D eigenvalue weighted by Gasteiger charge is 2.34. The van der Waals surface area contributed by atoms with E-state index in [4.69, 9.17) is 4.74 Å². The molecule has 5 rings (SSSR count). The van der Waals surface area contributed by atoms with E-state index in [1.165, 1.54) is 4.90 Å². The molecule has 34 heavy (non-hydrogen) atoms. The van der Waals surface area contributed by atoms with Crippen molar-refractivity contribution in [2.24, 2.45) is 0 Å². The largest absolute Gasteiger partial charge is 0.480 e. The lowest BCUT2D eigenvalue weighted by atomic mass is 9.94. The number of ether oxygens (including phenoxy) is 1. The number of hydrogen-bond donors (Lipinski definition) is 2. The molecule has 7 heteroatoms. The van der Waals surface area contributed by atoms with Gasteiger partial charge in [0.15, 0.2) is 0 Å². The van der Waals surface area contributed by atoms with E-state index in [-0.39, 0.29) is 32.0 Å². The smallest absolute Gasteiger partial charge is 0.407 e. The molecule has 0 saturated heterocycles. The number of fused-ring (bicyclic) bond motifs is 4. The van der Waals surface area contributed by atoms with Crippen molar-refractivity contribution in [3.8, 4) is 11.1 Å². The minimum absolute atomic E-state index is 0.0798. The standard InChI is InChI=1S/C27H24N2O5/c30-25(29-15-18-8-2-1-7-17(18)13-24(29)26(31)32)14-28-27(33)34-16-23-21-11-5-3-9-19(21)20-10-4-6-12-22(20)23/h1-12,23-24H,13-16H2,(H,28,33)(H,31,32)/t24-/m1/s1. The van der Waals surface area contributed by atoms with Crippen LogP contribution in [0.5, 0.6) is 0 Å². The molecule has 1 aliphatic carbocycles. The third-order valence-corrected chi connectivity index (χ3v) is 6.58. The Morgan fingerprint density at radius 1 is 0.882 bits per heavy atom. The molecule has 3 aromatic rings. The van der Waals surface area contributed by atoms with Crippen LogP contribution in [0.15, 0.2) is 72.8 Å². The van der Waals surface area contributed by atoms with Crippen LogP contribution in [0.3, 0.4) is 0 Å². The van der Waals surface area contributed by atoms with Crippen LogP contribution < -0.4 is 5.32 Å². The van der Waals surface area contributed by atoms with E-state index in [1.54, 1.807) is 0 Å². The summed E-state index contributed by atoms with van der Waals surface area (Å²) in [6, 6.07) is 22.6. The van der Waals surface area contributed by atoms with Gasteiger partial charge in [-0.3, -0.25) is 4.79 Å². The number of carboxylic acids is 1. The average Bonchev–Trinajstić information content (AvgIpc) is 3.19. The molecule has 1 atom stereocenters. The molecule has 0 saturated carbocycles. The second kappa shape index (κ2) is 9.02. The van der Waals surface area contributed by atoms with Crippen molar-refractivity contribution in [3.05, 3.63) is 95.1 Å². The van der Waals surface area contributed by atoms with Gasteiger partial charge in [-0.05, 0) is 33.4 Å². The van der Waals surface area contributed by atoms with Crippen LogP contribution >= 0.6 is 0 Å². The first-order chi connectivity index (χ1) is 16.5. The van der Waals surface area contributed by atoms with Crippen LogP contribution in [0.2, 0.25) is 0 Å². The van der Waals surface area contributed by atoms with E-state index in [0.29, 0.717) is 0 Å². The summed E-state index contributed by atoms with van der Waals surface area (Å²) in [5.41, 5.74) is 6.30. The maximum absolute atomic E-state index is 12.8. The Labute approximate surface area is 197 Å². The normalized spacial score (nSPS) is 16.2. The number of nitrogens with one attached hydrogen (secondary N) is 1. The predicted octanol–water partition coefficient (Wildman–Crippen LogP) is 3.56. The molecular weight excluding hydrogens is 432 g/mol. The number of nitrogens with zero attached hydrogens (tertiary/aromatic N) is 1. The fourth-order valence-electron chi connectivity index (χ4n) is 4.90. The number of carboxylic acid groups (broad SMARTS) is 1. The SMILES string of the molecule is O=C(NCC(=O)N1Cc2ccccc2C[C@@H]1C(=O)O)OCC1c2ccccc2-c2ccccc21. The van der Waals surface area contributed by atoms with E-state index in [1.807, 2.05) is 60.7 Å². The molecule has 0 unspecified atom stereocenters. The van der Waals surface area contributed by atoms with Crippen molar-refractivity contribution in [1.82, 2.24) is 10.2 Å². The van der Waals surface area contributed by atoms with Crippen molar-refractivity contribution in [2.75, 3.05) is 13.2 Å². The molecule has 0 fully saturated rings. The fraction of sp³-hybridized carbons (Fsp3) is 0.222. The Morgan fingerprint density at radius 2 is 1.47 bits per heavy atom. The fourth-order valence-corrected chi connectivity index (χ4v) is 4.90. The maximum atomic E-state index is 12.8. The summed E-state index contributed by atoms with van der Waals surface area (Å²) in [5.74, 6) is -1.61. The summed E-state index contributed by atoms with van der Waals surface area (Å²) in [6.45, 7) is 0.00382. The van der Waals surface area contributed by atoms with Crippen LogP contribution in [0.25, 0.3) is 11.1 Å². The summed E-state index contributed by atoms with van der Waals surface area (Å²) in [7, 11) is 0. The Balaban J connectivity index is 1.21. The molecular formula is C27H24N2O5. The molecule has 2 amide bonds. The van der Waals surface area contributed by atoms with Crippen LogP contribution in [-0.2, 0) is 27.3 Å². The second-order valence-electron chi connectivity index (χ2n) is 8.53. The molecule has 0 bridgehead atoms. The molecule has 2 aliphatic rings. The van der Waals surface area contributed by atoms with Gasteiger partial charge in [0.05, 0.1) is 0 Å². The molecule has 0 aromatic heterocycles. The van der Waals surface area contributed by atoms with Gasteiger partial charge in [0.25, 0.3) is 0 Å². The quantitative estimate of drug-likeness (QED) is 0.612. The van der Waals surface area contributed by atoms with E-state index in [0.717, 1.165) is 33.4 Å². The van der Waals surface area contributed by atoms with Crippen molar-refractivity contribution in [2.45, 2.75) is 24.9 Å². The lowest BCUT2D eigenvalue weighted by molar-refractivity contribution is -0.151. The molecule has 2 N–H and O–H groups in total. The number of aliphatic carboxylic acids is 1. The Morgan fingerprint density at radius 3 is 2.12 bits per heavy atom. The summed E-state index contributed by atoms with van der Waals surface area (Å²) in [5, 5.41) is 12.1. The Hall–Kier alpha value is -4.13. The van der Waals surface area contributed by atoms with Gasteiger partial charge in [-0.2, -0.15) is 0 Å². The summed E-state index contributed by atoms with van der Waals surface area (Å²) in [4.78, 5) is 38.3. The highest BCUT2D eigenvalue weighted by atomic mass is 16.5. The lowest BCUT2D eigenvalue weighted by Gasteiger charge is -2.34. The van der Waals surface area contributed by atoms with E-state index >= 15 is 0 Å². The van der Waals surface area contributed by atoms with Crippen LogP contribution in [0.1, 0.15) is 28.2 Å². The monoisotopic (exact) mass is 456 g/mol. The molecule has 7 nitrogen and oxygen atoms in total.